The van der Waals surface area contributed by atoms with E-state index in [9.17, 15) is 15.3 Å². The zero-order valence-corrected chi connectivity index (χ0v) is 13.4. The van der Waals surface area contributed by atoms with Crippen LogP contribution in [-0.4, -0.2) is 36.6 Å². The Balaban J connectivity index is 2.21. The molecule has 0 bridgehead atoms. The molecule has 0 aliphatic rings. The number of methoxy groups -OCH3 is 3. The standard InChI is InChI=1S/C18H16O7/c1-22-10-6-12(19)11-8-13(20)18(25-14(11)7-10)9-4-15(23-2)17(21)16(5-9)24-3/h4-8H,1-3H3,(H2-,19,20,21)/p+1/i1D3. The first-order chi connectivity index (χ1) is 13.1. The zero-order chi connectivity index (χ0) is 20.6. The van der Waals surface area contributed by atoms with E-state index in [0.717, 1.165) is 6.07 Å². The van der Waals surface area contributed by atoms with E-state index in [2.05, 4.69) is 0 Å². The average Bonchev–Trinajstić information content (AvgIpc) is 2.61. The van der Waals surface area contributed by atoms with Crippen molar-refractivity contribution in [3.8, 4) is 45.8 Å². The number of benzene rings is 2. The predicted octanol–water partition coefficient (Wildman–Crippen LogP) is 3.52. The maximum Gasteiger partial charge on any atom is 0.402 e. The predicted molar refractivity (Wildman–Crippen MR) is 90.7 cm³/mol. The van der Waals surface area contributed by atoms with Crippen LogP contribution in [0.1, 0.15) is 4.11 Å². The molecule has 0 aliphatic heterocycles. The van der Waals surface area contributed by atoms with Gasteiger partial charge in [0.1, 0.15) is 16.9 Å². The fraction of sp³-hybridized carbons (Fsp3) is 0.167. The molecule has 25 heavy (non-hydrogen) atoms. The number of aromatic hydroxyl groups is 3. The van der Waals surface area contributed by atoms with Gasteiger partial charge in [-0.1, -0.05) is 0 Å². The van der Waals surface area contributed by atoms with Gasteiger partial charge in [-0.25, -0.2) is 4.42 Å². The fourth-order valence-corrected chi connectivity index (χ4v) is 2.47. The van der Waals surface area contributed by atoms with Gasteiger partial charge in [-0.3, -0.25) is 0 Å². The van der Waals surface area contributed by atoms with Gasteiger partial charge in [0.2, 0.25) is 11.5 Å². The van der Waals surface area contributed by atoms with Crippen molar-refractivity contribution >= 4 is 11.0 Å². The molecule has 0 amide bonds. The molecule has 0 spiro atoms. The lowest BCUT2D eigenvalue weighted by Gasteiger charge is -2.09. The first kappa shape index (κ1) is 13.0. The lowest BCUT2D eigenvalue weighted by molar-refractivity contribution is 0.340. The van der Waals surface area contributed by atoms with E-state index in [1.165, 1.54) is 38.5 Å². The maximum absolute atomic E-state index is 10.4. The minimum Gasteiger partial charge on any atom is -0.507 e. The van der Waals surface area contributed by atoms with Crippen LogP contribution in [0.3, 0.4) is 0 Å². The van der Waals surface area contributed by atoms with E-state index in [1.54, 1.807) is 0 Å². The van der Waals surface area contributed by atoms with Crippen LogP contribution in [0.15, 0.2) is 34.7 Å². The van der Waals surface area contributed by atoms with Gasteiger partial charge < -0.3 is 29.5 Å². The normalized spacial score (nSPS) is 13.0. The van der Waals surface area contributed by atoms with Crippen LogP contribution in [0.4, 0.5) is 0 Å². The van der Waals surface area contributed by atoms with E-state index < -0.39 is 7.04 Å². The summed E-state index contributed by atoms with van der Waals surface area (Å²) in [5.41, 5.74) is 0.380. The molecule has 130 valence electrons. The Morgan fingerprint density at radius 3 is 2.16 bits per heavy atom. The monoisotopic (exact) mass is 348 g/mol. The number of rotatable bonds is 4. The van der Waals surface area contributed by atoms with Gasteiger partial charge in [0, 0.05) is 24.3 Å². The third-order valence-electron chi connectivity index (χ3n) is 3.68. The maximum atomic E-state index is 10.4. The summed E-state index contributed by atoms with van der Waals surface area (Å²) in [6.07, 6.45) is 0. The summed E-state index contributed by atoms with van der Waals surface area (Å²) in [6, 6.07) is 6.49. The molecule has 0 unspecified atom stereocenters. The Bertz CT molecular complexity index is 1020. The van der Waals surface area contributed by atoms with Crippen molar-refractivity contribution in [1.29, 1.82) is 0 Å². The first-order valence-corrected chi connectivity index (χ1v) is 7.10. The SMILES string of the molecule is [2H]C([2H])([2H])Oc1cc(O)c2cc(O)c(-c3cc(OC)c(O)c(OC)c3)[o+]c2c1. The summed E-state index contributed by atoms with van der Waals surface area (Å²) in [7, 11) is -0.00414. The van der Waals surface area contributed by atoms with Crippen molar-refractivity contribution in [2.45, 2.75) is 0 Å². The summed E-state index contributed by atoms with van der Waals surface area (Å²) in [5, 5.41) is 30.7. The number of fused-ring (bicyclic) bond motifs is 1. The van der Waals surface area contributed by atoms with Gasteiger partial charge in [-0.15, -0.1) is 0 Å². The summed E-state index contributed by atoms with van der Waals surface area (Å²) >= 11 is 0. The molecule has 0 atom stereocenters. The van der Waals surface area contributed by atoms with Gasteiger partial charge in [0.25, 0.3) is 0 Å². The number of ether oxygens (including phenoxy) is 3. The molecule has 0 radical (unpaired) electrons. The summed E-state index contributed by atoms with van der Waals surface area (Å²) in [6.45, 7) is 0. The van der Waals surface area contributed by atoms with Crippen molar-refractivity contribution in [2.24, 2.45) is 0 Å². The first-order valence-electron chi connectivity index (χ1n) is 8.60. The van der Waals surface area contributed by atoms with Crippen molar-refractivity contribution in [3.63, 3.8) is 0 Å². The third kappa shape index (κ3) is 2.80. The Labute approximate surface area is 147 Å². The topological polar surface area (TPSA) is 99.7 Å². The van der Waals surface area contributed by atoms with Gasteiger partial charge in [-0.2, -0.15) is 0 Å². The highest BCUT2D eigenvalue weighted by Gasteiger charge is 2.26. The molecular formula is C18H17O7+. The molecule has 3 aromatic rings. The molecule has 0 fully saturated rings. The fourth-order valence-electron chi connectivity index (χ4n) is 2.47. The molecule has 0 saturated carbocycles. The molecule has 0 aliphatic carbocycles. The van der Waals surface area contributed by atoms with Gasteiger partial charge in [0.15, 0.2) is 11.5 Å². The molecule has 3 N–H and O–H groups in total. The second-order valence-electron chi connectivity index (χ2n) is 5.15. The molecule has 1 heterocycles. The van der Waals surface area contributed by atoms with Crippen LogP contribution in [0.5, 0.6) is 34.5 Å². The van der Waals surface area contributed by atoms with Gasteiger partial charge in [0.05, 0.1) is 37.0 Å². The van der Waals surface area contributed by atoms with Gasteiger partial charge in [-0.05, 0) is 0 Å². The molecule has 7 nitrogen and oxygen atoms in total. The van der Waals surface area contributed by atoms with Crippen LogP contribution in [0.2, 0.25) is 0 Å². The summed E-state index contributed by atoms with van der Waals surface area (Å²) < 4.78 is 42.2. The molecule has 7 heteroatoms. The highest BCUT2D eigenvalue weighted by Crippen LogP contribution is 2.44. The van der Waals surface area contributed by atoms with Crippen LogP contribution < -0.4 is 14.2 Å². The third-order valence-corrected chi connectivity index (χ3v) is 3.68. The zero-order valence-electron chi connectivity index (χ0n) is 16.4. The van der Waals surface area contributed by atoms with Gasteiger partial charge >= 0.3 is 11.3 Å². The van der Waals surface area contributed by atoms with E-state index in [-0.39, 0.29) is 51.2 Å². The van der Waals surface area contributed by atoms with E-state index in [1.807, 2.05) is 0 Å². The smallest absolute Gasteiger partial charge is 0.402 e. The number of phenolic OH excluding ortho intramolecular Hbond substituents is 2. The van der Waals surface area contributed by atoms with Crippen LogP contribution in [0, 0.1) is 0 Å². The van der Waals surface area contributed by atoms with E-state index in [0.29, 0.717) is 5.56 Å². The Kier molecular flexibility index (Phi) is 3.26. The minimum absolute atomic E-state index is 0.0190. The molecule has 3 rings (SSSR count). The molecular weight excluding hydrogens is 328 g/mol. The highest BCUT2D eigenvalue weighted by atomic mass is 16.5. The van der Waals surface area contributed by atoms with E-state index >= 15 is 0 Å². The molecule has 0 saturated heterocycles. The lowest BCUT2D eigenvalue weighted by Crippen LogP contribution is -1.91. The second-order valence-corrected chi connectivity index (χ2v) is 5.15. The Morgan fingerprint density at radius 1 is 0.880 bits per heavy atom. The number of hydrogen-bond acceptors (Lipinski definition) is 6. The summed E-state index contributed by atoms with van der Waals surface area (Å²) in [5.74, 6) is -0.830. The van der Waals surface area contributed by atoms with Crippen LogP contribution >= 0.6 is 0 Å². The van der Waals surface area contributed by atoms with E-state index in [4.69, 9.17) is 22.7 Å². The molecule has 2 aromatic carbocycles. The van der Waals surface area contributed by atoms with Crippen molar-refractivity contribution in [3.05, 3.63) is 30.3 Å². The second kappa shape index (κ2) is 6.27. The highest BCUT2D eigenvalue weighted by molar-refractivity contribution is 5.88. The number of phenols is 2. The Hall–Kier alpha value is -3.35. The summed E-state index contributed by atoms with van der Waals surface area (Å²) in [4.78, 5) is 0. The number of hydrogen-bond donors (Lipinski definition) is 3. The quantitative estimate of drug-likeness (QED) is 0.620. The van der Waals surface area contributed by atoms with Crippen molar-refractivity contribution in [1.82, 2.24) is 0 Å². The average molecular weight is 348 g/mol. The largest absolute Gasteiger partial charge is 0.507 e. The van der Waals surface area contributed by atoms with Crippen LogP contribution in [0.25, 0.3) is 22.3 Å². The molecule has 1 aromatic heterocycles. The lowest BCUT2D eigenvalue weighted by atomic mass is 10.1. The van der Waals surface area contributed by atoms with Crippen molar-refractivity contribution < 1.29 is 38.1 Å². The van der Waals surface area contributed by atoms with Crippen LogP contribution in [-0.2, 0) is 0 Å². The van der Waals surface area contributed by atoms with Crippen molar-refractivity contribution in [2.75, 3.05) is 21.3 Å². The Morgan fingerprint density at radius 2 is 1.56 bits per heavy atom. The minimum atomic E-state index is -2.71.